The Morgan fingerprint density at radius 3 is 2.74 bits per heavy atom. The lowest BCUT2D eigenvalue weighted by Crippen LogP contribution is -2.32. The summed E-state index contributed by atoms with van der Waals surface area (Å²) >= 11 is 6.24. The van der Waals surface area contributed by atoms with E-state index in [9.17, 15) is 9.59 Å². The summed E-state index contributed by atoms with van der Waals surface area (Å²) in [7, 11) is 1.44. The van der Waals surface area contributed by atoms with Crippen LogP contribution in [0.15, 0.2) is 12.1 Å². The fourth-order valence-electron chi connectivity index (χ4n) is 3.03. The first-order chi connectivity index (χ1) is 13.0. The second kappa shape index (κ2) is 10.4. The lowest BCUT2D eigenvalue weighted by atomic mass is 10.1. The van der Waals surface area contributed by atoms with Crippen molar-refractivity contribution in [2.45, 2.75) is 38.7 Å². The summed E-state index contributed by atoms with van der Waals surface area (Å²) in [4.78, 5) is 25.7. The van der Waals surface area contributed by atoms with Crippen LogP contribution in [0.2, 0.25) is 5.02 Å². The summed E-state index contributed by atoms with van der Waals surface area (Å²) in [5.74, 6) is -0.269. The average Bonchev–Trinajstić information content (AvgIpc) is 2.89. The molecule has 1 fully saturated rings. The Hall–Kier alpha value is -1.99. The monoisotopic (exact) mass is 398 g/mol. The Morgan fingerprint density at radius 1 is 1.30 bits per heavy atom. The topological polar surface area (TPSA) is 91.1 Å². The van der Waals surface area contributed by atoms with Gasteiger partial charge in [0.2, 0.25) is 0 Å². The number of carbonyl (C=O) groups excluding carboxylic acids is 2. The number of hydrogen-bond donors (Lipinski definition) is 1. The molecular formula is C19H27ClN2O5. The van der Waals surface area contributed by atoms with Crippen LogP contribution in [0.1, 0.15) is 43.0 Å². The van der Waals surface area contributed by atoms with Gasteiger partial charge in [0.15, 0.2) is 18.1 Å². The normalized spacial score (nSPS) is 17.3. The minimum Gasteiger partial charge on any atom is -0.493 e. The van der Waals surface area contributed by atoms with E-state index in [1.807, 2.05) is 4.90 Å². The van der Waals surface area contributed by atoms with Crippen LogP contribution in [0.4, 0.5) is 0 Å². The summed E-state index contributed by atoms with van der Waals surface area (Å²) < 4.78 is 16.4. The van der Waals surface area contributed by atoms with Crippen molar-refractivity contribution < 1.29 is 23.8 Å². The molecule has 150 valence electrons. The Kier molecular flexibility index (Phi) is 8.19. The number of hydrogen-bond acceptors (Lipinski definition) is 5. The molecule has 1 aromatic rings. The molecule has 0 saturated carbocycles. The van der Waals surface area contributed by atoms with Crippen LogP contribution in [0.25, 0.3) is 0 Å². The molecule has 27 heavy (non-hydrogen) atoms. The van der Waals surface area contributed by atoms with Crippen molar-refractivity contribution in [3.63, 3.8) is 0 Å². The van der Waals surface area contributed by atoms with E-state index in [4.69, 9.17) is 31.5 Å². The molecule has 8 heteroatoms. The van der Waals surface area contributed by atoms with Crippen LogP contribution in [-0.4, -0.2) is 56.2 Å². The predicted octanol–water partition coefficient (Wildman–Crippen LogP) is 2.63. The summed E-state index contributed by atoms with van der Waals surface area (Å²) in [6.45, 7) is 3.81. The van der Waals surface area contributed by atoms with Gasteiger partial charge in [-0.2, -0.15) is 0 Å². The fraction of sp³-hybridized carbons (Fsp3) is 0.579. The Morgan fingerprint density at radius 2 is 2.07 bits per heavy atom. The van der Waals surface area contributed by atoms with Crippen LogP contribution in [0, 0.1) is 0 Å². The fourth-order valence-corrected chi connectivity index (χ4v) is 3.29. The molecule has 0 aliphatic carbocycles. The number of likely N-dealkylation sites (tertiary alicyclic amines) is 1. The smallest absolute Gasteiger partial charge is 0.255 e. The largest absolute Gasteiger partial charge is 0.493 e. The number of halogens is 1. The number of carbonyl (C=O) groups is 2. The molecule has 2 N–H and O–H groups in total. The maximum Gasteiger partial charge on any atom is 0.255 e. The number of ether oxygens (including phenoxy) is 3. The third kappa shape index (κ3) is 6.01. The van der Waals surface area contributed by atoms with Gasteiger partial charge in [0.05, 0.1) is 18.2 Å². The van der Waals surface area contributed by atoms with Gasteiger partial charge in [-0.1, -0.05) is 18.5 Å². The first-order valence-corrected chi connectivity index (χ1v) is 9.53. The number of benzene rings is 1. The highest BCUT2D eigenvalue weighted by molar-refractivity contribution is 6.32. The molecular weight excluding hydrogens is 372 g/mol. The Balaban J connectivity index is 2.11. The van der Waals surface area contributed by atoms with Crippen LogP contribution in [0.3, 0.4) is 0 Å². The zero-order chi connectivity index (χ0) is 19.8. The second-order valence-corrected chi connectivity index (χ2v) is 6.87. The van der Waals surface area contributed by atoms with Gasteiger partial charge < -0.3 is 24.8 Å². The maximum atomic E-state index is 12.9. The Labute approximate surface area is 164 Å². The molecule has 1 heterocycles. The molecule has 0 bridgehead atoms. The molecule has 1 unspecified atom stereocenters. The van der Waals surface area contributed by atoms with E-state index in [0.717, 1.165) is 32.3 Å². The molecule has 7 nitrogen and oxygen atoms in total. The minimum atomic E-state index is -0.627. The van der Waals surface area contributed by atoms with Gasteiger partial charge in [0, 0.05) is 25.3 Å². The van der Waals surface area contributed by atoms with Crippen LogP contribution >= 0.6 is 11.6 Å². The Bertz CT molecular complexity index is 668. The molecule has 1 atom stereocenters. The van der Waals surface area contributed by atoms with Gasteiger partial charge in [0.1, 0.15) is 0 Å². The van der Waals surface area contributed by atoms with Gasteiger partial charge >= 0.3 is 0 Å². The van der Waals surface area contributed by atoms with E-state index in [1.165, 1.54) is 13.2 Å². The van der Waals surface area contributed by atoms with E-state index < -0.39 is 5.91 Å². The van der Waals surface area contributed by atoms with Gasteiger partial charge in [0.25, 0.3) is 11.8 Å². The maximum absolute atomic E-state index is 12.9. The number of methoxy groups -OCH3 is 1. The molecule has 2 rings (SSSR count). The van der Waals surface area contributed by atoms with Crippen molar-refractivity contribution in [1.82, 2.24) is 4.90 Å². The quantitative estimate of drug-likeness (QED) is 0.726. The van der Waals surface area contributed by atoms with Crippen molar-refractivity contribution in [2.75, 3.05) is 33.4 Å². The predicted molar refractivity (Wildman–Crippen MR) is 102 cm³/mol. The molecule has 1 aliphatic rings. The van der Waals surface area contributed by atoms with E-state index in [1.54, 1.807) is 6.07 Å². The van der Waals surface area contributed by atoms with E-state index in [0.29, 0.717) is 18.7 Å². The lowest BCUT2D eigenvalue weighted by Gasteiger charge is -2.22. The number of primary amides is 1. The van der Waals surface area contributed by atoms with E-state index in [2.05, 4.69) is 6.92 Å². The van der Waals surface area contributed by atoms with E-state index in [-0.39, 0.29) is 35.1 Å². The van der Waals surface area contributed by atoms with Crippen molar-refractivity contribution in [1.29, 1.82) is 0 Å². The zero-order valence-corrected chi connectivity index (χ0v) is 16.6. The van der Waals surface area contributed by atoms with Crippen LogP contribution < -0.4 is 15.2 Å². The van der Waals surface area contributed by atoms with Gasteiger partial charge in [-0.15, -0.1) is 0 Å². The number of nitrogens with zero attached hydrogens (tertiary/aromatic N) is 1. The number of nitrogens with two attached hydrogens (primary N) is 1. The SMILES string of the molecule is CCCOC1CCCN(C(=O)c2cc(Cl)c(OCC(N)=O)c(OC)c2)CC1. The second-order valence-electron chi connectivity index (χ2n) is 6.46. The molecule has 0 aromatic heterocycles. The molecule has 1 aliphatic heterocycles. The van der Waals surface area contributed by atoms with Crippen molar-refractivity contribution in [2.24, 2.45) is 5.73 Å². The van der Waals surface area contributed by atoms with Gasteiger partial charge in [-0.3, -0.25) is 9.59 Å². The van der Waals surface area contributed by atoms with Crippen LogP contribution in [0.5, 0.6) is 11.5 Å². The third-order valence-electron chi connectivity index (χ3n) is 4.36. The first kappa shape index (κ1) is 21.3. The average molecular weight is 399 g/mol. The molecule has 1 saturated heterocycles. The van der Waals surface area contributed by atoms with E-state index >= 15 is 0 Å². The first-order valence-electron chi connectivity index (χ1n) is 9.15. The summed E-state index contributed by atoms with van der Waals surface area (Å²) in [6, 6.07) is 3.10. The highest BCUT2D eigenvalue weighted by atomic mass is 35.5. The van der Waals surface area contributed by atoms with Gasteiger partial charge in [-0.25, -0.2) is 0 Å². The standard InChI is InChI=1S/C19H27ClN2O5/c1-3-9-26-14-5-4-7-22(8-6-14)19(24)13-10-15(20)18(16(11-13)25-2)27-12-17(21)23/h10-11,14H,3-9,12H2,1-2H3,(H2,21,23). The highest BCUT2D eigenvalue weighted by Gasteiger charge is 2.24. The number of rotatable bonds is 8. The summed E-state index contributed by atoms with van der Waals surface area (Å²) in [5.41, 5.74) is 5.51. The highest BCUT2D eigenvalue weighted by Crippen LogP contribution is 2.37. The molecule has 2 amide bonds. The van der Waals surface area contributed by atoms with Crippen LogP contribution in [-0.2, 0) is 9.53 Å². The summed E-state index contributed by atoms with van der Waals surface area (Å²) in [6.07, 6.45) is 3.85. The zero-order valence-electron chi connectivity index (χ0n) is 15.8. The molecule has 1 aromatic carbocycles. The third-order valence-corrected chi connectivity index (χ3v) is 4.64. The lowest BCUT2D eigenvalue weighted by molar-refractivity contribution is -0.119. The molecule has 0 radical (unpaired) electrons. The minimum absolute atomic E-state index is 0.118. The van der Waals surface area contributed by atoms with Crippen molar-refractivity contribution >= 4 is 23.4 Å². The van der Waals surface area contributed by atoms with Crippen molar-refractivity contribution in [3.8, 4) is 11.5 Å². The number of amides is 2. The van der Waals surface area contributed by atoms with Gasteiger partial charge in [-0.05, 0) is 37.8 Å². The molecule has 0 spiro atoms. The summed E-state index contributed by atoms with van der Waals surface area (Å²) in [5, 5.41) is 0.193. The van der Waals surface area contributed by atoms with Crippen molar-refractivity contribution in [3.05, 3.63) is 22.7 Å².